The number of amides is 1. The van der Waals surface area contributed by atoms with Crippen LogP contribution in [0.2, 0.25) is 0 Å². The molecular formula is C21H25NO2. The zero-order valence-corrected chi connectivity index (χ0v) is 14.5. The summed E-state index contributed by atoms with van der Waals surface area (Å²) in [7, 11) is 0. The van der Waals surface area contributed by atoms with Gasteiger partial charge in [-0.25, -0.2) is 0 Å². The maximum absolute atomic E-state index is 12.7. The number of ether oxygens (including phenoxy) is 1. The van der Waals surface area contributed by atoms with Gasteiger partial charge in [-0.05, 0) is 43.9 Å². The van der Waals surface area contributed by atoms with Crippen molar-refractivity contribution in [1.29, 1.82) is 0 Å². The number of likely N-dealkylation sites (tertiary alicyclic amines) is 1. The van der Waals surface area contributed by atoms with Gasteiger partial charge in [-0.1, -0.05) is 48.0 Å². The quantitative estimate of drug-likeness (QED) is 0.847. The number of carbonyl (C=O) groups is 1. The molecule has 24 heavy (non-hydrogen) atoms. The van der Waals surface area contributed by atoms with E-state index < -0.39 is 0 Å². The second-order valence-electron chi connectivity index (χ2n) is 6.63. The smallest absolute Gasteiger partial charge is 0.254 e. The van der Waals surface area contributed by atoms with Crippen LogP contribution in [0.25, 0.3) is 0 Å². The van der Waals surface area contributed by atoms with Gasteiger partial charge in [0.25, 0.3) is 5.91 Å². The van der Waals surface area contributed by atoms with Crippen molar-refractivity contribution in [2.45, 2.75) is 39.4 Å². The summed E-state index contributed by atoms with van der Waals surface area (Å²) in [4.78, 5) is 14.7. The zero-order chi connectivity index (χ0) is 16.9. The molecule has 2 aromatic carbocycles. The lowest BCUT2D eigenvalue weighted by atomic mass is 10.0. The summed E-state index contributed by atoms with van der Waals surface area (Å²) in [5.74, 6) is 0.122. The fourth-order valence-electron chi connectivity index (χ4n) is 3.14. The van der Waals surface area contributed by atoms with E-state index in [9.17, 15) is 4.79 Å². The first-order valence-corrected chi connectivity index (χ1v) is 8.65. The predicted octanol–water partition coefficient (Wildman–Crippen LogP) is 4.12. The molecule has 0 N–H and O–H groups in total. The van der Waals surface area contributed by atoms with Crippen molar-refractivity contribution in [2.24, 2.45) is 0 Å². The van der Waals surface area contributed by atoms with Crippen molar-refractivity contribution in [3.63, 3.8) is 0 Å². The average Bonchev–Trinajstić information content (AvgIpc) is 2.61. The van der Waals surface area contributed by atoms with Crippen molar-refractivity contribution < 1.29 is 9.53 Å². The molecule has 2 aromatic rings. The lowest BCUT2D eigenvalue weighted by Gasteiger charge is -2.33. The molecule has 1 amide bonds. The summed E-state index contributed by atoms with van der Waals surface area (Å²) < 4.78 is 6.06. The van der Waals surface area contributed by atoms with Gasteiger partial charge >= 0.3 is 0 Å². The molecule has 1 atom stereocenters. The molecule has 3 rings (SSSR count). The third-order valence-corrected chi connectivity index (χ3v) is 4.65. The molecule has 1 fully saturated rings. The summed E-state index contributed by atoms with van der Waals surface area (Å²) in [6.07, 6.45) is 2.13. The summed E-state index contributed by atoms with van der Waals surface area (Å²) >= 11 is 0. The molecule has 0 aromatic heterocycles. The predicted molar refractivity (Wildman–Crippen MR) is 96.1 cm³/mol. The molecule has 0 aliphatic carbocycles. The molecular weight excluding hydrogens is 298 g/mol. The Morgan fingerprint density at radius 2 is 1.88 bits per heavy atom. The van der Waals surface area contributed by atoms with Crippen molar-refractivity contribution in [3.8, 4) is 0 Å². The Morgan fingerprint density at radius 1 is 1.12 bits per heavy atom. The monoisotopic (exact) mass is 323 g/mol. The summed E-state index contributed by atoms with van der Waals surface area (Å²) in [6.45, 7) is 6.18. The van der Waals surface area contributed by atoms with E-state index in [1.54, 1.807) is 0 Å². The van der Waals surface area contributed by atoms with E-state index in [0.29, 0.717) is 13.2 Å². The van der Waals surface area contributed by atoms with Crippen molar-refractivity contribution in [3.05, 3.63) is 70.8 Å². The summed E-state index contributed by atoms with van der Waals surface area (Å²) in [5.41, 5.74) is 4.27. The minimum absolute atomic E-state index is 0.119. The average molecular weight is 323 g/mol. The van der Waals surface area contributed by atoms with Gasteiger partial charge in [0, 0.05) is 18.7 Å². The summed E-state index contributed by atoms with van der Waals surface area (Å²) in [6, 6.07) is 16.2. The Hall–Kier alpha value is -2.13. The van der Waals surface area contributed by atoms with Crippen LogP contribution in [0.15, 0.2) is 48.5 Å². The van der Waals surface area contributed by atoms with Gasteiger partial charge in [0.1, 0.15) is 0 Å². The van der Waals surface area contributed by atoms with E-state index in [0.717, 1.165) is 30.5 Å². The van der Waals surface area contributed by atoms with E-state index in [2.05, 4.69) is 31.2 Å². The molecule has 1 aliphatic rings. The minimum Gasteiger partial charge on any atom is -0.372 e. The molecule has 1 heterocycles. The molecule has 0 spiro atoms. The molecule has 0 radical (unpaired) electrons. The lowest BCUT2D eigenvalue weighted by molar-refractivity contribution is -0.00675. The first kappa shape index (κ1) is 16.7. The number of hydrogen-bond donors (Lipinski definition) is 0. The standard InChI is InChI=1S/C21H25NO2/c1-16-9-11-18(12-10-16)15-24-19-7-5-13-22(14-19)21(23)20-8-4-3-6-17(20)2/h3-4,6,8-12,19H,5,7,13-15H2,1-2H3. The van der Waals surface area contributed by atoms with Gasteiger partial charge in [0.05, 0.1) is 12.7 Å². The Kier molecular flexibility index (Phi) is 5.31. The number of nitrogens with zero attached hydrogens (tertiary/aromatic N) is 1. The van der Waals surface area contributed by atoms with Crippen molar-refractivity contribution >= 4 is 5.91 Å². The van der Waals surface area contributed by atoms with Crippen LogP contribution in [-0.2, 0) is 11.3 Å². The highest BCUT2D eigenvalue weighted by atomic mass is 16.5. The van der Waals surface area contributed by atoms with E-state index >= 15 is 0 Å². The van der Waals surface area contributed by atoms with E-state index in [-0.39, 0.29) is 12.0 Å². The maximum atomic E-state index is 12.7. The van der Waals surface area contributed by atoms with E-state index in [4.69, 9.17) is 4.74 Å². The molecule has 126 valence electrons. The Labute approximate surface area is 144 Å². The van der Waals surface area contributed by atoms with Gasteiger partial charge in [-0.3, -0.25) is 4.79 Å². The Bertz CT molecular complexity index is 693. The number of aryl methyl sites for hydroxylation is 2. The molecule has 3 nitrogen and oxygen atoms in total. The zero-order valence-electron chi connectivity index (χ0n) is 14.5. The SMILES string of the molecule is Cc1ccc(COC2CCCN(C(=O)c3ccccc3C)C2)cc1. The second kappa shape index (κ2) is 7.63. The van der Waals surface area contributed by atoms with Gasteiger partial charge in [-0.2, -0.15) is 0 Å². The number of piperidine rings is 1. The largest absolute Gasteiger partial charge is 0.372 e. The first-order valence-electron chi connectivity index (χ1n) is 8.65. The molecule has 0 saturated carbocycles. The Morgan fingerprint density at radius 3 is 2.62 bits per heavy atom. The fourth-order valence-corrected chi connectivity index (χ4v) is 3.14. The Balaban J connectivity index is 1.59. The second-order valence-corrected chi connectivity index (χ2v) is 6.63. The third-order valence-electron chi connectivity index (χ3n) is 4.65. The van der Waals surface area contributed by atoms with Gasteiger partial charge in [0.2, 0.25) is 0 Å². The highest BCUT2D eigenvalue weighted by Crippen LogP contribution is 2.19. The normalized spacial score (nSPS) is 17.8. The van der Waals surface area contributed by atoms with Crippen LogP contribution in [0.3, 0.4) is 0 Å². The molecule has 0 bridgehead atoms. The fraction of sp³-hybridized carbons (Fsp3) is 0.381. The van der Waals surface area contributed by atoms with Crippen molar-refractivity contribution in [1.82, 2.24) is 4.90 Å². The van der Waals surface area contributed by atoms with Crippen LogP contribution < -0.4 is 0 Å². The maximum Gasteiger partial charge on any atom is 0.254 e. The summed E-state index contributed by atoms with van der Waals surface area (Å²) in [5, 5.41) is 0. The molecule has 1 unspecified atom stereocenters. The van der Waals surface area contributed by atoms with Crippen LogP contribution in [0, 0.1) is 13.8 Å². The van der Waals surface area contributed by atoms with Crippen molar-refractivity contribution in [2.75, 3.05) is 13.1 Å². The van der Waals surface area contributed by atoms with Crippen LogP contribution >= 0.6 is 0 Å². The third kappa shape index (κ3) is 4.04. The highest BCUT2D eigenvalue weighted by molar-refractivity contribution is 5.95. The van der Waals surface area contributed by atoms with Gasteiger partial charge in [0.15, 0.2) is 0 Å². The van der Waals surface area contributed by atoms with Gasteiger partial charge < -0.3 is 9.64 Å². The molecule has 3 heteroatoms. The van der Waals surface area contributed by atoms with Gasteiger partial charge in [-0.15, -0.1) is 0 Å². The van der Waals surface area contributed by atoms with Crippen LogP contribution in [0.1, 0.15) is 39.9 Å². The minimum atomic E-state index is 0.119. The molecule has 1 saturated heterocycles. The number of benzene rings is 2. The van der Waals surface area contributed by atoms with Crippen LogP contribution in [-0.4, -0.2) is 30.0 Å². The lowest BCUT2D eigenvalue weighted by Crippen LogP contribution is -2.43. The highest BCUT2D eigenvalue weighted by Gasteiger charge is 2.25. The van der Waals surface area contributed by atoms with Crippen LogP contribution in [0.5, 0.6) is 0 Å². The first-order chi connectivity index (χ1) is 11.6. The number of rotatable bonds is 4. The number of hydrogen-bond acceptors (Lipinski definition) is 2. The topological polar surface area (TPSA) is 29.5 Å². The molecule has 1 aliphatic heterocycles. The van der Waals surface area contributed by atoms with E-state index in [1.165, 1.54) is 11.1 Å². The van der Waals surface area contributed by atoms with E-state index in [1.807, 2.05) is 36.1 Å². The van der Waals surface area contributed by atoms with Crippen LogP contribution in [0.4, 0.5) is 0 Å². The number of carbonyl (C=O) groups excluding carboxylic acids is 1.